The van der Waals surface area contributed by atoms with Gasteiger partial charge in [-0.15, -0.1) is 0 Å². The predicted octanol–water partition coefficient (Wildman–Crippen LogP) is 4.41. The van der Waals surface area contributed by atoms with Gasteiger partial charge in [-0.05, 0) is 48.0 Å². The highest BCUT2D eigenvalue weighted by atomic mass is 79.9. The van der Waals surface area contributed by atoms with Crippen molar-refractivity contribution in [2.75, 3.05) is 19.0 Å². The molecule has 2 aromatic rings. The van der Waals surface area contributed by atoms with Gasteiger partial charge < -0.3 is 4.90 Å². The molecule has 0 saturated heterocycles. The van der Waals surface area contributed by atoms with Crippen LogP contribution in [0.25, 0.3) is 6.08 Å². The monoisotopic (exact) mass is 329 g/mol. The zero-order valence-corrected chi connectivity index (χ0v) is 13.1. The van der Waals surface area contributed by atoms with Gasteiger partial charge in [0.1, 0.15) is 0 Å². The summed E-state index contributed by atoms with van der Waals surface area (Å²) in [4.78, 5) is 14.0. The summed E-state index contributed by atoms with van der Waals surface area (Å²) in [5.74, 6) is 0.00851. The van der Waals surface area contributed by atoms with Crippen molar-refractivity contribution in [2.24, 2.45) is 0 Å². The summed E-state index contributed by atoms with van der Waals surface area (Å²) in [7, 11) is 4.00. The smallest absolute Gasteiger partial charge is 0.185 e. The summed E-state index contributed by atoms with van der Waals surface area (Å²) in [5.41, 5.74) is 2.84. The molecule has 2 aromatic carbocycles. The van der Waals surface area contributed by atoms with Crippen molar-refractivity contribution in [3.8, 4) is 0 Å². The molecule has 102 valence electrons. The van der Waals surface area contributed by atoms with Crippen LogP contribution in [-0.2, 0) is 0 Å². The second kappa shape index (κ2) is 6.53. The molecule has 0 N–H and O–H groups in total. The molecular formula is C17H16BrNO. The van der Waals surface area contributed by atoms with Crippen LogP contribution in [0.15, 0.2) is 59.1 Å². The number of rotatable bonds is 4. The molecule has 2 nitrogen and oxygen atoms in total. The minimum absolute atomic E-state index is 0.00851. The van der Waals surface area contributed by atoms with E-state index in [0.717, 1.165) is 15.7 Å². The van der Waals surface area contributed by atoms with Crippen molar-refractivity contribution in [1.29, 1.82) is 0 Å². The first-order valence-electron chi connectivity index (χ1n) is 6.31. The summed E-state index contributed by atoms with van der Waals surface area (Å²) in [5, 5.41) is 0. The molecule has 0 bridgehead atoms. The Balaban J connectivity index is 2.08. The second-order valence-electron chi connectivity index (χ2n) is 4.69. The van der Waals surface area contributed by atoms with Gasteiger partial charge in [-0.25, -0.2) is 0 Å². The van der Waals surface area contributed by atoms with Crippen LogP contribution in [0.1, 0.15) is 15.9 Å². The number of carbonyl (C=O) groups excluding carboxylic acids is 1. The molecule has 0 aliphatic heterocycles. The third-order valence-corrected chi connectivity index (χ3v) is 3.49. The lowest BCUT2D eigenvalue weighted by Crippen LogP contribution is -2.07. The van der Waals surface area contributed by atoms with E-state index in [4.69, 9.17) is 0 Å². The number of hydrogen-bond donors (Lipinski definition) is 0. The number of hydrogen-bond acceptors (Lipinski definition) is 2. The Morgan fingerprint density at radius 2 is 1.60 bits per heavy atom. The van der Waals surface area contributed by atoms with Crippen LogP contribution in [0, 0.1) is 0 Å². The minimum atomic E-state index is 0.00851. The Morgan fingerprint density at radius 1 is 1.00 bits per heavy atom. The number of anilines is 1. The Bertz CT molecular complexity index is 612. The third kappa shape index (κ3) is 3.81. The number of benzene rings is 2. The van der Waals surface area contributed by atoms with Gasteiger partial charge in [0.25, 0.3) is 0 Å². The van der Waals surface area contributed by atoms with E-state index in [1.165, 1.54) is 0 Å². The van der Waals surface area contributed by atoms with Crippen molar-refractivity contribution < 1.29 is 4.79 Å². The lowest BCUT2D eigenvalue weighted by Gasteiger charge is -2.11. The molecular weight excluding hydrogens is 314 g/mol. The maximum absolute atomic E-state index is 12.0. The van der Waals surface area contributed by atoms with E-state index in [1.54, 1.807) is 6.08 Å². The summed E-state index contributed by atoms with van der Waals surface area (Å²) in [6, 6.07) is 15.4. The number of nitrogens with zero attached hydrogens (tertiary/aromatic N) is 1. The van der Waals surface area contributed by atoms with Crippen molar-refractivity contribution in [3.63, 3.8) is 0 Å². The molecule has 0 aliphatic rings. The van der Waals surface area contributed by atoms with Gasteiger partial charge in [0, 0.05) is 29.8 Å². The highest BCUT2D eigenvalue weighted by Gasteiger charge is 2.01. The van der Waals surface area contributed by atoms with Crippen LogP contribution in [-0.4, -0.2) is 19.9 Å². The lowest BCUT2D eigenvalue weighted by atomic mass is 10.1. The van der Waals surface area contributed by atoms with Gasteiger partial charge in [-0.1, -0.05) is 34.1 Å². The molecule has 0 fully saturated rings. The average Bonchev–Trinajstić information content (AvgIpc) is 2.46. The van der Waals surface area contributed by atoms with Gasteiger partial charge in [-0.2, -0.15) is 0 Å². The van der Waals surface area contributed by atoms with Crippen LogP contribution >= 0.6 is 15.9 Å². The van der Waals surface area contributed by atoms with Crippen molar-refractivity contribution in [2.45, 2.75) is 0 Å². The van der Waals surface area contributed by atoms with Gasteiger partial charge >= 0.3 is 0 Å². The Kier molecular flexibility index (Phi) is 4.74. The maximum Gasteiger partial charge on any atom is 0.185 e. The first-order valence-corrected chi connectivity index (χ1v) is 7.11. The Morgan fingerprint density at radius 3 is 2.15 bits per heavy atom. The fourth-order valence-corrected chi connectivity index (χ4v) is 2.03. The molecule has 0 atom stereocenters. The van der Waals surface area contributed by atoms with Gasteiger partial charge in [0.15, 0.2) is 5.78 Å². The van der Waals surface area contributed by atoms with Crippen LogP contribution in [0.5, 0.6) is 0 Å². The van der Waals surface area contributed by atoms with Crippen molar-refractivity contribution >= 4 is 33.5 Å². The molecule has 0 saturated carbocycles. The first kappa shape index (κ1) is 14.5. The zero-order chi connectivity index (χ0) is 14.5. The summed E-state index contributed by atoms with van der Waals surface area (Å²) < 4.78 is 0.970. The number of allylic oxidation sites excluding steroid dienone is 1. The number of halogens is 1. The van der Waals surface area contributed by atoms with E-state index in [0.29, 0.717) is 5.56 Å². The topological polar surface area (TPSA) is 20.3 Å². The standard InChI is InChI=1S/C17H16BrNO/c1-19(2)16-10-3-13(4-11-16)5-12-17(20)14-6-8-15(18)9-7-14/h3-12H,1-2H3/b12-5+. The highest BCUT2D eigenvalue weighted by Crippen LogP contribution is 2.14. The van der Waals surface area contributed by atoms with Gasteiger partial charge in [-0.3, -0.25) is 4.79 Å². The molecule has 0 heterocycles. The second-order valence-corrected chi connectivity index (χ2v) is 5.61. The molecule has 0 aromatic heterocycles. The predicted molar refractivity (Wildman–Crippen MR) is 88.3 cm³/mol. The van der Waals surface area contributed by atoms with E-state index < -0.39 is 0 Å². The fourth-order valence-electron chi connectivity index (χ4n) is 1.77. The number of ketones is 1. The zero-order valence-electron chi connectivity index (χ0n) is 11.5. The summed E-state index contributed by atoms with van der Waals surface area (Å²) >= 11 is 3.36. The summed E-state index contributed by atoms with van der Waals surface area (Å²) in [6.45, 7) is 0. The Labute approximate surface area is 127 Å². The quantitative estimate of drug-likeness (QED) is 0.611. The first-order chi connectivity index (χ1) is 9.56. The van der Waals surface area contributed by atoms with Crippen LogP contribution < -0.4 is 4.90 Å². The van der Waals surface area contributed by atoms with Crippen LogP contribution in [0.4, 0.5) is 5.69 Å². The maximum atomic E-state index is 12.0. The molecule has 2 rings (SSSR count). The van der Waals surface area contributed by atoms with Crippen molar-refractivity contribution in [3.05, 3.63) is 70.2 Å². The number of carbonyl (C=O) groups is 1. The largest absolute Gasteiger partial charge is 0.378 e. The Hall–Kier alpha value is -1.87. The molecule has 0 spiro atoms. The van der Waals surface area contributed by atoms with Gasteiger partial charge in [0.2, 0.25) is 0 Å². The minimum Gasteiger partial charge on any atom is -0.378 e. The average molecular weight is 330 g/mol. The molecule has 0 unspecified atom stereocenters. The highest BCUT2D eigenvalue weighted by molar-refractivity contribution is 9.10. The lowest BCUT2D eigenvalue weighted by molar-refractivity contribution is 0.104. The van der Waals surface area contributed by atoms with E-state index >= 15 is 0 Å². The molecule has 0 radical (unpaired) electrons. The molecule has 3 heteroatoms. The molecule has 20 heavy (non-hydrogen) atoms. The van der Waals surface area contributed by atoms with Gasteiger partial charge in [0.05, 0.1) is 0 Å². The van der Waals surface area contributed by atoms with E-state index in [2.05, 4.69) is 15.9 Å². The molecule has 0 amide bonds. The fraction of sp³-hybridized carbons (Fsp3) is 0.118. The SMILES string of the molecule is CN(C)c1ccc(/C=C/C(=O)c2ccc(Br)cc2)cc1. The van der Waals surface area contributed by atoms with Crippen molar-refractivity contribution in [1.82, 2.24) is 0 Å². The van der Waals surface area contributed by atoms with E-state index in [1.807, 2.05) is 73.6 Å². The van der Waals surface area contributed by atoms with Crippen LogP contribution in [0.3, 0.4) is 0 Å². The van der Waals surface area contributed by atoms with E-state index in [-0.39, 0.29) is 5.78 Å². The third-order valence-electron chi connectivity index (χ3n) is 2.97. The normalized spacial score (nSPS) is 10.8. The van der Waals surface area contributed by atoms with E-state index in [9.17, 15) is 4.79 Å². The molecule has 0 aliphatic carbocycles. The van der Waals surface area contributed by atoms with Crippen LogP contribution in [0.2, 0.25) is 0 Å². The summed E-state index contributed by atoms with van der Waals surface area (Å²) in [6.07, 6.45) is 3.44.